The lowest BCUT2D eigenvalue weighted by molar-refractivity contribution is -0.134. The molecule has 5 heteroatoms. The maximum atomic E-state index is 12.9. The Morgan fingerprint density at radius 2 is 1.84 bits per heavy atom. The van der Waals surface area contributed by atoms with Crippen molar-refractivity contribution < 1.29 is 9.53 Å². The molecule has 2 aromatic rings. The van der Waals surface area contributed by atoms with Gasteiger partial charge in [0.2, 0.25) is 5.91 Å². The van der Waals surface area contributed by atoms with Crippen molar-refractivity contribution in [3.8, 4) is 5.75 Å². The van der Waals surface area contributed by atoms with Crippen molar-refractivity contribution in [1.82, 2.24) is 15.8 Å². The van der Waals surface area contributed by atoms with E-state index in [9.17, 15) is 4.79 Å². The monoisotopic (exact) mass is 337 g/mol. The molecule has 130 valence electrons. The van der Waals surface area contributed by atoms with Crippen LogP contribution in [0.2, 0.25) is 0 Å². The summed E-state index contributed by atoms with van der Waals surface area (Å²) in [6, 6.07) is 16.3. The predicted octanol–water partition coefficient (Wildman–Crippen LogP) is 2.19. The van der Waals surface area contributed by atoms with Gasteiger partial charge >= 0.3 is 0 Å². The Bertz CT molecular complexity index is 760. The molecule has 0 saturated carbocycles. The fraction of sp³-hybridized carbons (Fsp3) is 0.350. The van der Waals surface area contributed by atoms with Gasteiger partial charge in [-0.05, 0) is 41.7 Å². The number of benzene rings is 2. The third kappa shape index (κ3) is 3.25. The highest BCUT2D eigenvalue weighted by molar-refractivity contribution is 5.82. The van der Waals surface area contributed by atoms with Crippen LogP contribution in [-0.4, -0.2) is 30.5 Å². The van der Waals surface area contributed by atoms with E-state index in [0.29, 0.717) is 6.54 Å². The quantitative estimate of drug-likeness (QED) is 0.901. The lowest BCUT2D eigenvalue weighted by atomic mass is 9.98. The normalized spacial score (nSPS) is 22.5. The second-order valence-corrected chi connectivity index (χ2v) is 6.68. The number of hydrazine groups is 1. The second kappa shape index (κ2) is 6.86. The molecule has 2 aliphatic rings. The highest BCUT2D eigenvalue weighted by atomic mass is 16.5. The van der Waals surface area contributed by atoms with Crippen LogP contribution in [0.1, 0.15) is 29.2 Å². The maximum Gasteiger partial charge on any atom is 0.241 e. The highest BCUT2D eigenvalue weighted by Crippen LogP contribution is 2.26. The number of nitrogens with zero attached hydrogens (tertiary/aromatic N) is 1. The van der Waals surface area contributed by atoms with Crippen molar-refractivity contribution in [1.29, 1.82) is 0 Å². The summed E-state index contributed by atoms with van der Waals surface area (Å²) in [6.45, 7) is 1.50. The Morgan fingerprint density at radius 1 is 1.08 bits per heavy atom. The van der Waals surface area contributed by atoms with Gasteiger partial charge in [0.25, 0.3) is 0 Å². The van der Waals surface area contributed by atoms with Gasteiger partial charge in [0.1, 0.15) is 11.8 Å². The van der Waals surface area contributed by atoms with E-state index < -0.39 is 0 Å². The third-order valence-corrected chi connectivity index (χ3v) is 5.16. The number of amides is 1. The van der Waals surface area contributed by atoms with Gasteiger partial charge in [-0.15, -0.1) is 0 Å². The van der Waals surface area contributed by atoms with Gasteiger partial charge < -0.3 is 9.64 Å². The van der Waals surface area contributed by atoms with Crippen molar-refractivity contribution in [2.24, 2.45) is 0 Å². The highest BCUT2D eigenvalue weighted by Gasteiger charge is 2.33. The lowest BCUT2D eigenvalue weighted by Gasteiger charge is -2.30. The van der Waals surface area contributed by atoms with Gasteiger partial charge in [0.15, 0.2) is 0 Å². The molecule has 2 aliphatic heterocycles. The predicted molar refractivity (Wildman–Crippen MR) is 96.0 cm³/mol. The van der Waals surface area contributed by atoms with Gasteiger partial charge in [-0.25, -0.2) is 10.9 Å². The number of nitrogens with one attached hydrogen (secondary N) is 2. The first kappa shape index (κ1) is 16.1. The molecule has 2 unspecified atom stereocenters. The van der Waals surface area contributed by atoms with E-state index >= 15 is 0 Å². The van der Waals surface area contributed by atoms with Crippen molar-refractivity contribution >= 4 is 5.91 Å². The molecule has 25 heavy (non-hydrogen) atoms. The van der Waals surface area contributed by atoms with Crippen LogP contribution in [0.25, 0.3) is 0 Å². The molecular formula is C20H23N3O2. The molecule has 0 bridgehead atoms. The largest absolute Gasteiger partial charge is 0.497 e. The van der Waals surface area contributed by atoms with E-state index in [1.54, 1.807) is 7.11 Å². The molecule has 1 saturated heterocycles. The summed E-state index contributed by atoms with van der Waals surface area (Å²) in [5, 5.41) is 0. The molecule has 5 nitrogen and oxygen atoms in total. The van der Waals surface area contributed by atoms with E-state index in [-0.39, 0.29) is 18.0 Å². The molecular weight excluding hydrogens is 314 g/mol. The smallest absolute Gasteiger partial charge is 0.241 e. The number of hydrogen-bond acceptors (Lipinski definition) is 4. The van der Waals surface area contributed by atoms with E-state index in [1.807, 2.05) is 35.2 Å². The Balaban J connectivity index is 1.40. The van der Waals surface area contributed by atoms with E-state index in [2.05, 4.69) is 29.1 Å². The SMILES string of the molecule is COc1ccc(C2CC(C(=O)N3CCc4ccccc4C3)NN2)cc1. The first-order chi connectivity index (χ1) is 12.2. The van der Waals surface area contributed by atoms with Crippen molar-refractivity contribution in [2.75, 3.05) is 13.7 Å². The number of carbonyl (C=O) groups is 1. The van der Waals surface area contributed by atoms with Gasteiger partial charge in [0.05, 0.1) is 7.11 Å². The van der Waals surface area contributed by atoms with Crippen LogP contribution >= 0.6 is 0 Å². The maximum absolute atomic E-state index is 12.9. The molecule has 0 radical (unpaired) electrons. The molecule has 2 N–H and O–H groups in total. The third-order valence-electron chi connectivity index (χ3n) is 5.16. The summed E-state index contributed by atoms with van der Waals surface area (Å²) in [5.41, 5.74) is 10.2. The Labute approximate surface area is 148 Å². The average molecular weight is 337 g/mol. The van der Waals surface area contributed by atoms with Crippen LogP contribution in [0, 0.1) is 0 Å². The van der Waals surface area contributed by atoms with Gasteiger partial charge in [-0.1, -0.05) is 36.4 Å². The minimum Gasteiger partial charge on any atom is -0.497 e. The zero-order chi connectivity index (χ0) is 17.2. The van der Waals surface area contributed by atoms with Crippen LogP contribution in [0.4, 0.5) is 0 Å². The fourth-order valence-corrected chi connectivity index (χ4v) is 3.68. The number of methoxy groups -OCH3 is 1. The minimum atomic E-state index is -0.183. The first-order valence-corrected chi connectivity index (χ1v) is 8.75. The molecule has 0 aromatic heterocycles. The summed E-state index contributed by atoms with van der Waals surface area (Å²) in [6.07, 6.45) is 1.69. The van der Waals surface area contributed by atoms with Crippen LogP contribution < -0.4 is 15.6 Å². The first-order valence-electron chi connectivity index (χ1n) is 8.75. The zero-order valence-corrected chi connectivity index (χ0v) is 14.4. The summed E-state index contributed by atoms with van der Waals surface area (Å²) in [4.78, 5) is 14.9. The van der Waals surface area contributed by atoms with Gasteiger partial charge in [0, 0.05) is 19.1 Å². The van der Waals surface area contributed by atoms with E-state index in [1.165, 1.54) is 11.1 Å². The average Bonchev–Trinajstić information content (AvgIpc) is 3.17. The second-order valence-electron chi connectivity index (χ2n) is 6.68. The molecule has 0 spiro atoms. The number of ether oxygens (including phenoxy) is 1. The number of rotatable bonds is 3. The topological polar surface area (TPSA) is 53.6 Å². The Morgan fingerprint density at radius 3 is 2.60 bits per heavy atom. The minimum absolute atomic E-state index is 0.136. The van der Waals surface area contributed by atoms with Crippen LogP contribution in [-0.2, 0) is 17.8 Å². The van der Waals surface area contributed by atoms with Crippen LogP contribution in [0.15, 0.2) is 48.5 Å². The Hall–Kier alpha value is -2.37. The van der Waals surface area contributed by atoms with Crippen LogP contribution in [0.5, 0.6) is 5.75 Å². The number of carbonyl (C=O) groups excluding carboxylic acids is 1. The standard InChI is InChI=1S/C20H23N3O2/c1-25-17-8-6-15(7-9-17)18-12-19(22-21-18)20(24)23-11-10-14-4-2-3-5-16(14)13-23/h2-9,18-19,21-22H,10-13H2,1H3. The van der Waals surface area contributed by atoms with E-state index in [0.717, 1.165) is 30.7 Å². The molecule has 2 atom stereocenters. The molecule has 4 rings (SSSR count). The molecule has 0 aliphatic carbocycles. The van der Waals surface area contributed by atoms with Gasteiger partial charge in [-0.3, -0.25) is 4.79 Å². The summed E-state index contributed by atoms with van der Waals surface area (Å²) < 4.78 is 5.20. The lowest BCUT2D eigenvalue weighted by Crippen LogP contribution is -2.47. The van der Waals surface area contributed by atoms with Crippen LogP contribution in [0.3, 0.4) is 0 Å². The summed E-state index contributed by atoms with van der Waals surface area (Å²) >= 11 is 0. The summed E-state index contributed by atoms with van der Waals surface area (Å²) in [5.74, 6) is 1.02. The fourth-order valence-electron chi connectivity index (χ4n) is 3.68. The van der Waals surface area contributed by atoms with Gasteiger partial charge in [-0.2, -0.15) is 0 Å². The summed E-state index contributed by atoms with van der Waals surface area (Å²) in [7, 11) is 1.66. The number of hydrogen-bond donors (Lipinski definition) is 2. The molecule has 1 amide bonds. The van der Waals surface area contributed by atoms with Crippen molar-refractivity contribution in [3.05, 3.63) is 65.2 Å². The number of fused-ring (bicyclic) bond motifs is 1. The zero-order valence-electron chi connectivity index (χ0n) is 14.4. The Kier molecular flexibility index (Phi) is 4.42. The molecule has 2 heterocycles. The van der Waals surface area contributed by atoms with Crippen molar-refractivity contribution in [2.45, 2.75) is 31.5 Å². The molecule has 1 fully saturated rings. The van der Waals surface area contributed by atoms with E-state index in [4.69, 9.17) is 4.74 Å². The van der Waals surface area contributed by atoms with Crippen molar-refractivity contribution in [3.63, 3.8) is 0 Å². The molecule has 2 aromatic carbocycles.